The Morgan fingerprint density at radius 3 is 2.27 bits per heavy atom. The number of fused-ring (bicyclic) bond motifs is 1. The second kappa shape index (κ2) is 12.1. The van der Waals surface area contributed by atoms with Crippen molar-refractivity contribution in [2.45, 2.75) is 61.0 Å². The average molecular weight is 540 g/mol. The molecule has 0 saturated carbocycles. The van der Waals surface area contributed by atoms with E-state index >= 15 is 0 Å². The minimum absolute atomic E-state index is 0.0129. The number of aliphatic carboxylic acids is 2. The van der Waals surface area contributed by atoms with Crippen molar-refractivity contribution in [3.8, 4) is 5.75 Å². The van der Waals surface area contributed by atoms with Gasteiger partial charge in [-0.05, 0) is 44.4 Å². The number of nitrogens with zero attached hydrogens (tertiary/aromatic N) is 2. The number of β-lactam (4-membered cyclic amide) rings is 1. The fourth-order valence-corrected chi connectivity index (χ4v) is 5.49. The van der Waals surface area contributed by atoms with Crippen LogP contribution in [0.15, 0.2) is 29.3 Å². The summed E-state index contributed by atoms with van der Waals surface area (Å²) in [6.45, 7) is 3.95. The van der Waals surface area contributed by atoms with Crippen molar-refractivity contribution in [1.82, 2.24) is 10.2 Å². The van der Waals surface area contributed by atoms with Gasteiger partial charge in [0, 0.05) is 11.3 Å². The van der Waals surface area contributed by atoms with Crippen molar-refractivity contribution in [3.63, 3.8) is 0 Å². The van der Waals surface area contributed by atoms with Gasteiger partial charge >= 0.3 is 11.9 Å². The van der Waals surface area contributed by atoms with Crippen LogP contribution in [0.25, 0.3) is 0 Å². The predicted molar refractivity (Wildman–Crippen MR) is 136 cm³/mol. The van der Waals surface area contributed by atoms with Crippen LogP contribution in [-0.2, 0) is 19.2 Å². The van der Waals surface area contributed by atoms with Gasteiger partial charge in [-0.25, -0.2) is 4.79 Å². The number of hydrogen-bond donors (Lipinski definition) is 8. The molecule has 37 heavy (non-hydrogen) atoms. The van der Waals surface area contributed by atoms with E-state index in [0.717, 1.165) is 0 Å². The smallest absolute Gasteiger partial charge is 0.327 e. The number of aromatic hydroxyl groups is 1. The van der Waals surface area contributed by atoms with Gasteiger partial charge in [-0.15, -0.1) is 11.8 Å². The van der Waals surface area contributed by atoms with E-state index in [1.165, 1.54) is 40.9 Å². The van der Waals surface area contributed by atoms with Gasteiger partial charge in [0.15, 0.2) is 5.96 Å². The quantitative estimate of drug-likeness (QED) is 0.0769. The molecule has 0 aromatic heterocycles. The number of benzene rings is 1. The Kier molecular flexibility index (Phi) is 9.72. The molecule has 3 rings (SSSR count). The Hall–Kier alpha value is -3.56. The molecular weight excluding hydrogens is 506 g/mol. The summed E-state index contributed by atoms with van der Waals surface area (Å²) in [7, 11) is 0. The van der Waals surface area contributed by atoms with Crippen molar-refractivity contribution in [2.75, 3.05) is 6.54 Å². The van der Waals surface area contributed by atoms with Gasteiger partial charge in [-0.3, -0.25) is 19.4 Å². The summed E-state index contributed by atoms with van der Waals surface area (Å²) in [6.07, 6.45) is 0.956. The number of hydrogen-bond acceptors (Lipinski definition) is 9. The first-order valence-corrected chi connectivity index (χ1v) is 12.2. The molecule has 14 nitrogen and oxygen atoms in total. The number of phenols is 1. The maximum Gasteiger partial charge on any atom is 0.327 e. The highest BCUT2D eigenvalue weighted by Crippen LogP contribution is 2.50. The molecule has 0 spiro atoms. The van der Waals surface area contributed by atoms with Gasteiger partial charge in [0.1, 0.15) is 35.3 Å². The first-order valence-electron chi connectivity index (χ1n) is 11.3. The second-order valence-corrected chi connectivity index (χ2v) is 10.8. The van der Waals surface area contributed by atoms with Crippen LogP contribution in [0.4, 0.5) is 0 Å². The lowest BCUT2D eigenvalue weighted by atomic mass is 9.95. The number of amides is 2. The number of nitrogens with one attached hydrogen (secondary N) is 1. The number of nitrogens with two attached hydrogens (primary N) is 4. The normalized spacial score (nSPS) is 22.9. The first kappa shape index (κ1) is 29.7. The molecule has 2 aliphatic heterocycles. The van der Waals surface area contributed by atoms with E-state index in [0.29, 0.717) is 24.9 Å². The summed E-state index contributed by atoms with van der Waals surface area (Å²) in [5.74, 6) is -2.93. The summed E-state index contributed by atoms with van der Waals surface area (Å²) in [5, 5.41) is 29.2. The van der Waals surface area contributed by atoms with E-state index in [1.54, 1.807) is 13.8 Å². The lowest BCUT2D eigenvalue weighted by molar-refractivity contribution is -0.161. The van der Waals surface area contributed by atoms with Crippen molar-refractivity contribution in [1.29, 1.82) is 0 Å². The summed E-state index contributed by atoms with van der Waals surface area (Å²) in [4.78, 5) is 51.4. The lowest BCUT2D eigenvalue weighted by Gasteiger charge is -2.43. The number of aliphatic imine (C=N–C) groups is 1. The van der Waals surface area contributed by atoms with Gasteiger partial charge in [0.25, 0.3) is 0 Å². The Labute approximate surface area is 217 Å². The van der Waals surface area contributed by atoms with Gasteiger partial charge in [-0.1, -0.05) is 12.1 Å². The minimum atomic E-state index is -1.06. The van der Waals surface area contributed by atoms with Gasteiger partial charge in [0.2, 0.25) is 11.8 Å². The number of guanidine groups is 1. The van der Waals surface area contributed by atoms with Crippen LogP contribution in [0.1, 0.15) is 38.3 Å². The summed E-state index contributed by atoms with van der Waals surface area (Å²) >= 11 is 1.35. The fraction of sp³-hybridized carbons (Fsp3) is 0.500. The Balaban J connectivity index is 0.000000341. The summed E-state index contributed by atoms with van der Waals surface area (Å²) < 4.78 is -0.648. The molecule has 204 valence electrons. The minimum Gasteiger partial charge on any atom is -0.508 e. The Bertz CT molecular complexity index is 1050. The van der Waals surface area contributed by atoms with Gasteiger partial charge in [-0.2, -0.15) is 0 Å². The molecule has 0 radical (unpaired) electrons. The standard InChI is InChI=1S/C16H19N3O5S.C6H14N4O2/c1-16(2)11(15(23)24)19-13(22)10(14(19)25-16)18-12(21)9(17)7-3-5-8(20)6-4-7;7-4(5(11)12)2-1-3-10-6(8)9/h3-6,9-11,14,20H,17H2,1-2H3,(H,18,21)(H,23,24);4H,1-3,7H2,(H,11,12)(H4,8,9,10)/t9?,10-,11?,14-;4-/m00/s1. The van der Waals surface area contributed by atoms with Crippen LogP contribution in [-0.4, -0.2) is 84.7 Å². The van der Waals surface area contributed by atoms with Crippen LogP contribution in [0, 0.1) is 0 Å². The summed E-state index contributed by atoms with van der Waals surface area (Å²) in [6, 6.07) is 2.39. The highest BCUT2D eigenvalue weighted by molar-refractivity contribution is 8.01. The molecule has 1 aromatic carbocycles. The van der Waals surface area contributed by atoms with E-state index in [2.05, 4.69) is 10.3 Å². The third-order valence-electron chi connectivity index (χ3n) is 5.79. The largest absolute Gasteiger partial charge is 0.508 e. The number of carbonyl (C=O) groups excluding carboxylic acids is 2. The number of phenolic OH excluding ortho intramolecular Hbond substituents is 1. The molecule has 2 fully saturated rings. The molecule has 2 aliphatic rings. The molecule has 12 N–H and O–H groups in total. The third kappa shape index (κ3) is 7.24. The molecule has 1 aromatic rings. The van der Waals surface area contributed by atoms with Crippen LogP contribution >= 0.6 is 11.8 Å². The van der Waals surface area contributed by atoms with Crippen LogP contribution in [0.3, 0.4) is 0 Å². The molecule has 0 bridgehead atoms. The molecule has 2 saturated heterocycles. The number of rotatable bonds is 9. The first-order chi connectivity index (χ1) is 17.2. The molecule has 2 unspecified atom stereocenters. The number of thioether (sulfide) groups is 1. The monoisotopic (exact) mass is 539 g/mol. The van der Waals surface area contributed by atoms with E-state index in [4.69, 9.17) is 28.0 Å². The highest BCUT2D eigenvalue weighted by Gasteiger charge is 2.64. The Morgan fingerprint density at radius 1 is 1.16 bits per heavy atom. The third-order valence-corrected chi connectivity index (χ3v) is 7.36. The predicted octanol–water partition coefficient (Wildman–Crippen LogP) is -1.52. The highest BCUT2D eigenvalue weighted by atomic mass is 32.2. The molecule has 0 aliphatic carbocycles. The molecule has 2 amide bonds. The molecular formula is C22H33N7O7S. The van der Waals surface area contributed by atoms with Crippen LogP contribution < -0.4 is 28.3 Å². The molecule has 2 heterocycles. The van der Waals surface area contributed by atoms with E-state index in [9.17, 15) is 29.4 Å². The van der Waals surface area contributed by atoms with Crippen LogP contribution in [0.2, 0.25) is 0 Å². The van der Waals surface area contributed by atoms with E-state index in [1.807, 2.05) is 0 Å². The maximum absolute atomic E-state index is 12.3. The molecule has 5 atom stereocenters. The summed E-state index contributed by atoms with van der Waals surface area (Å²) in [5.41, 5.74) is 21.7. The zero-order chi connectivity index (χ0) is 28.1. The van der Waals surface area contributed by atoms with Gasteiger partial charge < -0.3 is 48.5 Å². The van der Waals surface area contributed by atoms with Gasteiger partial charge in [0.05, 0.1) is 0 Å². The zero-order valence-corrected chi connectivity index (χ0v) is 21.2. The SMILES string of the molecule is CC1(C)S[C@H]2[C@@H](NC(=O)C(N)c3ccc(O)cc3)C(=O)N2C1C(=O)O.NC(N)=NCCC[C@H](N)C(=O)O. The van der Waals surface area contributed by atoms with Crippen molar-refractivity contribution in [2.24, 2.45) is 27.9 Å². The maximum atomic E-state index is 12.3. The lowest BCUT2D eigenvalue weighted by Crippen LogP contribution is -2.71. The molecule has 15 heteroatoms. The van der Waals surface area contributed by atoms with E-state index in [-0.39, 0.29) is 11.7 Å². The number of carboxylic acid groups (broad SMARTS) is 2. The van der Waals surface area contributed by atoms with Crippen molar-refractivity contribution in [3.05, 3.63) is 29.8 Å². The number of carboxylic acids is 2. The Morgan fingerprint density at radius 2 is 1.76 bits per heavy atom. The van der Waals surface area contributed by atoms with Crippen molar-refractivity contribution >= 4 is 41.5 Å². The second-order valence-electron chi connectivity index (χ2n) is 9.05. The van der Waals surface area contributed by atoms with E-state index < -0.39 is 58.0 Å². The topological polar surface area (TPSA) is 261 Å². The number of carbonyl (C=O) groups is 4. The zero-order valence-electron chi connectivity index (χ0n) is 20.4. The van der Waals surface area contributed by atoms with Crippen LogP contribution in [0.5, 0.6) is 5.75 Å². The average Bonchev–Trinajstić information content (AvgIpc) is 3.08. The fourth-order valence-electron chi connectivity index (χ4n) is 3.86. The van der Waals surface area contributed by atoms with Crippen molar-refractivity contribution < 1.29 is 34.5 Å².